The summed E-state index contributed by atoms with van der Waals surface area (Å²) in [7, 11) is 1.60. The fraction of sp³-hybridized carbons (Fsp3) is 0.500. The summed E-state index contributed by atoms with van der Waals surface area (Å²) < 4.78 is 5.00. The Balaban J connectivity index is 2.50. The Hall–Kier alpha value is -1.49. The molecule has 0 fully saturated rings. The van der Waals surface area contributed by atoms with E-state index in [0.717, 1.165) is 5.69 Å². The molecule has 1 aromatic heterocycles. The van der Waals surface area contributed by atoms with Crippen LogP contribution in [0.4, 0.5) is 0 Å². The summed E-state index contributed by atoms with van der Waals surface area (Å²) in [6.07, 6.45) is 3.02. The minimum absolute atomic E-state index is 0.00708. The predicted molar refractivity (Wildman–Crippen MR) is 55.6 cm³/mol. The van der Waals surface area contributed by atoms with Crippen LogP contribution in [0, 0.1) is 6.92 Å². The van der Waals surface area contributed by atoms with Gasteiger partial charge in [-0.05, 0) is 13.8 Å². The van der Waals surface area contributed by atoms with Gasteiger partial charge in [-0.2, -0.15) is 0 Å². The van der Waals surface area contributed by atoms with Crippen molar-refractivity contribution in [1.29, 1.82) is 0 Å². The third-order valence-corrected chi connectivity index (χ3v) is 1.97. The van der Waals surface area contributed by atoms with Crippen molar-refractivity contribution in [2.45, 2.75) is 20.0 Å². The summed E-state index contributed by atoms with van der Waals surface area (Å²) >= 11 is 0. The molecule has 1 atom stereocenters. The van der Waals surface area contributed by atoms with Gasteiger partial charge < -0.3 is 10.1 Å². The number of ether oxygens (including phenoxy) is 1. The van der Waals surface area contributed by atoms with Gasteiger partial charge in [0.2, 0.25) is 0 Å². The monoisotopic (exact) mass is 209 g/mol. The van der Waals surface area contributed by atoms with Crippen LogP contribution in [0.15, 0.2) is 12.4 Å². The molecule has 0 saturated carbocycles. The van der Waals surface area contributed by atoms with Crippen LogP contribution in [0.1, 0.15) is 23.1 Å². The second-order valence-corrected chi connectivity index (χ2v) is 3.30. The molecule has 1 heterocycles. The molecular formula is C10H15N3O2. The molecule has 1 unspecified atom stereocenters. The van der Waals surface area contributed by atoms with Crippen LogP contribution < -0.4 is 5.32 Å². The summed E-state index contributed by atoms with van der Waals surface area (Å²) in [5.41, 5.74) is 1.11. The standard InChI is InChI=1S/C10H15N3O2/c1-7-4-12-9(6-11-7)10(14)13-5-8(2)15-3/h4,6,8H,5H2,1-3H3,(H,13,14). The van der Waals surface area contributed by atoms with Gasteiger partial charge in [0, 0.05) is 19.9 Å². The zero-order valence-electron chi connectivity index (χ0n) is 9.15. The number of aromatic nitrogens is 2. The van der Waals surface area contributed by atoms with Crippen molar-refractivity contribution in [2.24, 2.45) is 0 Å². The molecule has 1 rings (SSSR count). The summed E-state index contributed by atoms with van der Waals surface area (Å²) in [4.78, 5) is 19.5. The van der Waals surface area contributed by atoms with E-state index in [1.807, 2.05) is 13.8 Å². The fourth-order valence-electron chi connectivity index (χ4n) is 0.920. The number of carbonyl (C=O) groups excluding carboxylic acids is 1. The van der Waals surface area contributed by atoms with Crippen LogP contribution in [0.3, 0.4) is 0 Å². The van der Waals surface area contributed by atoms with Crippen LogP contribution in [-0.2, 0) is 4.74 Å². The van der Waals surface area contributed by atoms with Gasteiger partial charge in [-0.1, -0.05) is 0 Å². The maximum atomic E-state index is 11.5. The van der Waals surface area contributed by atoms with Crippen molar-refractivity contribution in [3.8, 4) is 0 Å². The smallest absolute Gasteiger partial charge is 0.271 e. The average molecular weight is 209 g/mol. The molecule has 82 valence electrons. The first-order valence-electron chi connectivity index (χ1n) is 4.73. The molecule has 0 aliphatic carbocycles. The largest absolute Gasteiger partial charge is 0.380 e. The van der Waals surface area contributed by atoms with Gasteiger partial charge in [-0.15, -0.1) is 0 Å². The molecule has 1 N–H and O–H groups in total. The molecule has 0 bridgehead atoms. The Morgan fingerprint density at radius 1 is 1.53 bits per heavy atom. The van der Waals surface area contributed by atoms with Crippen LogP contribution in [0.2, 0.25) is 0 Å². The fourth-order valence-corrected chi connectivity index (χ4v) is 0.920. The summed E-state index contributed by atoms with van der Waals surface area (Å²) in [5.74, 6) is -0.230. The van der Waals surface area contributed by atoms with Crippen molar-refractivity contribution in [3.05, 3.63) is 23.8 Å². The lowest BCUT2D eigenvalue weighted by Crippen LogP contribution is -2.32. The molecule has 0 aliphatic heterocycles. The highest BCUT2D eigenvalue weighted by Gasteiger charge is 2.08. The van der Waals surface area contributed by atoms with E-state index in [9.17, 15) is 4.79 Å². The number of aryl methyl sites for hydroxylation is 1. The summed E-state index contributed by atoms with van der Waals surface area (Å²) in [6, 6.07) is 0. The van der Waals surface area contributed by atoms with Gasteiger partial charge >= 0.3 is 0 Å². The lowest BCUT2D eigenvalue weighted by atomic mass is 10.3. The quantitative estimate of drug-likeness (QED) is 0.786. The van der Waals surface area contributed by atoms with E-state index in [4.69, 9.17) is 4.74 Å². The molecule has 5 heteroatoms. The third-order valence-electron chi connectivity index (χ3n) is 1.97. The first-order chi connectivity index (χ1) is 7.13. The summed E-state index contributed by atoms with van der Waals surface area (Å²) in [6.45, 7) is 4.16. The number of nitrogens with one attached hydrogen (secondary N) is 1. The lowest BCUT2D eigenvalue weighted by molar-refractivity contribution is 0.0865. The third kappa shape index (κ3) is 3.63. The van der Waals surface area contributed by atoms with Gasteiger partial charge in [-0.3, -0.25) is 9.78 Å². The Bertz CT molecular complexity index is 324. The van der Waals surface area contributed by atoms with Crippen molar-refractivity contribution < 1.29 is 9.53 Å². The minimum Gasteiger partial charge on any atom is -0.380 e. The highest BCUT2D eigenvalue weighted by Crippen LogP contribution is 1.94. The first-order valence-corrected chi connectivity index (χ1v) is 4.73. The molecule has 15 heavy (non-hydrogen) atoms. The second-order valence-electron chi connectivity index (χ2n) is 3.30. The van der Waals surface area contributed by atoms with E-state index < -0.39 is 0 Å². The number of rotatable bonds is 4. The Kier molecular flexibility index (Phi) is 4.17. The molecule has 0 aliphatic rings. The molecule has 0 saturated heterocycles. The second kappa shape index (κ2) is 5.41. The first kappa shape index (κ1) is 11.6. The van der Waals surface area contributed by atoms with E-state index in [1.165, 1.54) is 6.20 Å². The van der Waals surface area contributed by atoms with E-state index in [2.05, 4.69) is 15.3 Å². The molecular weight excluding hydrogens is 194 g/mol. The van der Waals surface area contributed by atoms with E-state index in [-0.39, 0.29) is 12.0 Å². The molecule has 1 amide bonds. The van der Waals surface area contributed by atoms with Crippen LogP contribution in [0.25, 0.3) is 0 Å². The topological polar surface area (TPSA) is 64.1 Å². The molecule has 5 nitrogen and oxygen atoms in total. The minimum atomic E-state index is -0.230. The van der Waals surface area contributed by atoms with Gasteiger partial charge in [-0.25, -0.2) is 4.98 Å². The van der Waals surface area contributed by atoms with Crippen molar-refractivity contribution >= 4 is 5.91 Å². The van der Waals surface area contributed by atoms with Crippen LogP contribution >= 0.6 is 0 Å². The van der Waals surface area contributed by atoms with Gasteiger partial charge in [0.1, 0.15) is 5.69 Å². The zero-order chi connectivity index (χ0) is 11.3. The van der Waals surface area contributed by atoms with E-state index >= 15 is 0 Å². The normalized spacial score (nSPS) is 12.2. The summed E-state index contributed by atoms with van der Waals surface area (Å²) in [5, 5.41) is 2.70. The Morgan fingerprint density at radius 2 is 2.27 bits per heavy atom. The van der Waals surface area contributed by atoms with Gasteiger partial charge in [0.25, 0.3) is 5.91 Å². The van der Waals surface area contributed by atoms with E-state index in [1.54, 1.807) is 13.3 Å². The number of amides is 1. The van der Waals surface area contributed by atoms with Crippen molar-refractivity contribution in [3.63, 3.8) is 0 Å². The SMILES string of the molecule is COC(C)CNC(=O)c1cnc(C)cn1. The highest BCUT2D eigenvalue weighted by atomic mass is 16.5. The maximum absolute atomic E-state index is 11.5. The lowest BCUT2D eigenvalue weighted by Gasteiger charge is -2.09. The average Bonchev–Trinajstić information content (AvgIpc) is 2.26. The van der Waals surface area contributed by atoms with E-state index in [0.29, 0.717) is 12.2 Å². The van der Waals surface area contributed by atoms with Crippen LogP contribution in [-0.4, -0.2) is 35.6 Å². The molecule has 1 aromatic rings. The number of hydrogen-bond donors (Lipinski definition) is 1. The number of methoxy groups -OCH3 is 1. The Morgan fingerprint density at radius 3 is 2.80 bits per heavy atom. The maximum Gasteiger partial charge on any atom is 0.271 e. The predicted octanol–water partition coefficient (Wildman–Crippen LogP) is 0.550. The zero-order valence-corrected chi connectivity index (χ0v) is 9.15. The molecule has 0 spiro atoms. The van der Waals surface area contributed by atoms with Crippen molar-refractivity contribution in [2.75, 3.05) is 13.7 Å². The molecule has 0 radical (unpaired) electrons. The van der Waals surface area contributed by atoms with Gasteiger partial charge in [0.05, 0.1) is 18.0 Å². The van der Waals surface area contributed by atoms with Gasteiger partial charge in [0.15, 0.2) is 0 Å². The number of carbonyl (C=O) groups is 1. The number of hydrogen-bond acceptors (Lipinski definition) is 4. The number of nitrogens with zero attached hydrogens (tertiary/aromatic N) is 2. The van der Waals surface area contributed by atoms with Crippen molar-refractivity contribution in [1.82, 2.24) is 15.3 Å². The Labute approximate surface area is 88.9 Å². The highest BCUT2D eigenvalue weighted by molar-refractivity contribution is 5.91. The molecule has 0 aromatic carbocycles. The van der Waals surface area contributed by atoms with Crippen LogP contribution in [0.5, 0.6) is 0 Å².